The van der Waals surface area contributed by atoms with Gasteiger partial charge in [-0.15, -0.1) is 0 Å². The lowest BCUT2D eigenvalue weighted by atomic mass is 10.1. The Balaban J connectivity index is 1.81. The van der Waals surface area contributed by atoms with E-state index < -0.39 is 0 Å². The van der Waals surface area contributed by atoms with Gasteiger partial charge in [-0.25, -0.2) is 0 Å². The molecular formula is C17H20N2O2S. The molecule has 0 aliphatic carbocycles. The molecule has 1 fully saturated rings. The van der Waals surface area contributed by atoms with Crippen LogP contribution in [-0.4, -0.2) is 41.6 Å². The third kappa shape index (κ3) is 3.05. The maximum absolute atomic E-state index is 12.7. The summed E-state index contributed by atoms with van der Waals surface area (Å²) in [6, 6.07) is 5.87. The van der Waals surface area contributed by atoms with Crippen molar-refractivity contribution in [3.63, 3.8) is 0 Å². The maximum atomic E-state index is 12.7. The Bertz CT molecular complexity index is 655. The zero-order valence-corrected chi connectivity index (χ0v) is 13.7. The van der Waals surface area contributed by atoms with E-state index in [1.54, 1.807) is 11.3 Å². The second-order valence-electron chi connectivity index (χ2n) is 5.49. The van der Waals surface area contributed by atoms with Gasteiger partial charge in [0.25, 0.3) is 5.91 Å². The van der Waals surface area contributed by atoms with E-state index in [1.165, 1.54) is 0 Å². The first-order valence-electron chi connectivity index (χ1n) is 7.60. The quantitative estimate of drug-likeness (QED) is 0.872. The van der Waals surface area contributed by atoms with Gasteiger partial charge in [-0.05, 0) is 36.9 Å². The van der Waals surface area contributed by atoms with Crippen LogP contribution in [0.25, 0.3) is 11.3 Å². The van der Waals surface area contributed by atoms with Crippen molar-refractivity contribution in [2.75, 3.05) is 19.7 Å². The molecule has 0 radical (unpaired) electrons. The monoisotopic (exact) mass is 316 g/mol. The Hall–Kier alpha value is -1.72. The third-order valence-electron chi connectivity index (χ3n) is 4.01. The molecule has 0 saturated carbocycles. The van der Waals surface area contributed by atoms with Gasteiger partial charge in [0, 0.05) is 24.0 Å². The Labute approximate surface area is 134 Å². The molecule has 116 valence electrons. The zero-order chi connectivity index (χ0) is 15.5. The first kappa shape index (κ1) is 15.2. The molecule has 0 aromatic carbocycles. The Morgan fingerprint density at radius 2 is 2.32 bits per heavy atom. The van der Waals surface area contributed by atoms with Crippen LogP contribution in [0.3, 0.4) is 0 Å². The largest absolute Gasteiger partial charge is 0.375 e. The van der Waals surface area contributed by atoms with Crippen LogP contribution < -0.4 is 0 Å². The Morgan fingerprint density at radius 3 is 3.00 bits per heavy atom. The fourth-order valence-corrected chi connectivity index (χ4v) is 3.33. The van der Waals surface area contributed by atoms with E-state index in [4.69, 9.17) is 4.74 Å². The highest BCUT2D eigenvalue weighted by molar-refractivity contribution is 7.08. The van der Waals surface area contributed by atoms with Crippen molar-refractivity contribution >= 4 is 17.2 Å². The normalized spacial score (nSPS) is 18.5. The van der Waals surface area contributed by atoms with Gasteiger partial charge in [-0.3, -0.25) is 9.78 Å². The predicted octanol–water partition coefficient (Wildman–Crippen LogP) is 3.37. The fraction of sp³-hybridized carbons (Fsp3) is 0.412. The Morgan fingerprint density at radius 1 is 1.45 bits per heavy atom. The minimum atomic E-state index is 0.0589. The van der Waals surface area contributed by atoms with Gasteiger partial charge in [0.05, 0.1) is 29.7 Å². The number of pyridine rings is 1. The van der Waals surface area contributed by atoms with Crippen LogP contribution in [0.2, 0.25) is 0 Å². The second kappa shape index (κ2) is 6.58. The minimum Gasteiger partial charge on any atom is -0.375 e. The van der Waals surface area contributed by atoms with Crippen LogP contribution >= 0.6 is 11.3 Å². The lowest BCUT2D eigenvalue weighted by Crippen LogP contribution is -2.45. The average molecular weight is 316 g/mol. The molecule has 1 unspecified atom stereocenters. The van der Waals surface area contributed by atoms with Gasteiger partial charge in [0.15, 0.2) is 0 Å². The van der Waals surface area contributed by atoms with E-state index in [2.05, 4.69) is 17.3 Å². The van der Waals surface area contributed by atoms with Crippen molar-refractivity contribution in [3.05, 3.63) is 40.2 Å². The molecule has 0 N–H and O–H groups in total. The summed E-state index contributed by atoms with van der Waals surface area (Å²) in [7, 11) is 0. The van der Waals surface area contributed by atoms with E-state index in [0.29, 0.717) is 25.3 Å². The number of carbonyl (C=O) groups is 1. The summed E-state index contributed by atoms with van der Waals surface area (Å²) in [6.45, 7) is 5.92. The van der Waals surface area contributed by atoms with Gasteiger partial charge in [0.1, 0.15) is 0 Å². The fourth-order valence-electron chi connectivity index (χ4n) is 2.68. The van der Waals surface area contributed by atoms with Crippen molar-refractivity contribution in [1.29, 1.82) is 0 Å². The van der Waals surface area contributed by atoms with Crippen molar-refractivity contribution in [2.24, 2.45) is 0 Å². The summed E-state index contributed by atoms with van der Waals surface area (Å²) >= 11 is 1.65. The molecule has 4 nitrogen and oxygen atoms in total. The number of carbonyl (C=O) groups excluding carboxylic acids is 1. The van der Waals surface area contributed by atoms with Crippen LogP contribution in [0.1, 0.15) is 29.4 Å². The summed E-state index contributed by atoms with van der Waals surface area (Å²) < 4.78 is 5.63. The summed E-state index contributed by atoms with van der Waals surface area (Å²) in [5.41, 5.74) is 3.50. The van der Waals surface area contributed by atoms with Crippen molar-refractivity contribution in [3.8, 4) is 11.3 Å². The highest BCUT2D eigenvalue weighted by Crippen LogP contribution is 2.22. The molecule has 3 rings (SSSR count). The number of morpholine rings is 1. The summed E-state index contributed by atoms with van der Waals surface area (Å²) in [4.78, 5) is 19.2. The third-order valence-corrected chi connectivity index (χ3v) is 4.70. The van der Waals surface area contributed by atoms with Gasteiger partial charge in [0.2, 0.25) is 0 Å². The second-order valence-corrected chi connectivity index (χ2v) is 6.27. The first-order chi connectivity index (χ1) is 10.7. The number of hydrogen-bond acceptors (Lipinski definition) is 4. The number of thiophene rings is 1. The molecule has 1 aliphatic heterocycles. The van der Waals surface area contributed by atoms with E-state index in [9.17, 15) is 4.79 Å². The van der Waals surface area contributed by atoms with E-state index in [-0.39, 0.29) is 12.0 Å². The molecule has 3 heterocycles. The van der Waals surface area contributed by atoms with Crippen molar-refractivity contribution in [1.82, 2.24) is 9.88 Å². The van der Waals surface area contributed by atoms with E-state index in [0.717, 1.165) is 23.4 Å². The number of rotatable bonds is 3. The Kier molecular flexibility index (Phi) is 4.55. The van der Waals surface area contributed by atoms with Gasteiger partial charge in [-0.1, -0.05) is 6.92 Å². The molecule has 0 bridgehead atoms. The van der Waals surface area contributed by atoms with E-state index >= 15 is 0 Å². The van der Waals surface area contributed by atoms with Crippen molar-refractivity contribution in [2.45, 2.75) is 26.4 Å². The van der Waals surface area contributed by atoms with Crippen LogP contribution in [0.15, 0.2) is 29.0 Å². The molecule has 1 atom stereocenters. The maximum Gasteiger partial charge on any atom is 0.255 e. The molecule has 1 amide bonds. The molecule has 2 aromatic heterocycles. The smallest absolute Gasteiger partial charge is 0.255 e. The molecule has 0 spiro atoms. The number of amides is 1. The summed E-state index contributed by atoms with van der Waals surface area (Å²) in [5.74, 6) is 0.0589. The number of ether oxygens (including phenoxy) is 1. The van der Waals surface area contributed by atoms with Crippen LogP contribution in [0.5, 0.6) is 0 Å². The molecule has 1 saturated heterocycles. The molecule has 1 aliphatic rings. The lowest BCUT2D eigenvalue weighted by Gasteiger charge is -2.32. The standard InChI is InChI=1S/C17H20N2O2S/c1-3-14-10-19(7-8-21-14)17(20)15-4-5-16(18-12(15)2)13-6-9-22-11-13/h4-6,9,11,14H,3,7-8,10H2,1-2H3. The lowest BCUT2D eigenvalue weighted by molar-refractivity contribution is -0.0226. The van der Waals surface area contributed by atoms with Crippen LogP contribution in [-0.2, 0) is 4.74 Å². The SMILES string of the molecule is CCC1CN(C(=O)c2ccc(-c3ccsc3)nc2C)CCO1. The average Bonchev–Trinajstić information content (AvgIpc) is 3.08. The topological polar surface area (TPSA) is 42.4 Å². The van der Waals surface area contributed by atoms with Gasteiger partial charge < -0.3 is 9.64 Å². The van der Waals surface area contributed by atoms with Crippen molar-refractivity contribution < 1.29 is 9.53 Å². The molecule has 2 aromatic rings. The first-order valence-corrected chi connectivity index (χ1v) is 8.54. The van der Waals surface area contributed by atoms with E-state index in [1.807, 2.05) is 35.4 Å². The molecule has 5 heteroatoms. The molecular weight excluding hydrogens is 296 g/mol. The summed E-state index contributed by atoms with van der Waals surface area (Å²) in [5, 5.41) is 4.10. The van der Waals surface area contributed by atoms with Crippen LogP contribution in [0.4, 0.5) is 0 Å². The number of aryl methyl sites for hydroxylation is 1. The summed E-state index contributed by atoms with van der Waals surface area (Å²) in [6.07, 6.45) is 1.08. The zero-order valence-electron chi connectivity index (χ0n) is 12.9. The van der Waals surface area contributed by atoms with Gasteiger partial charge in [-0.2, -0.15) is 11.3 Å². The van der Waals surface area contributed by atoms with Gasteiger partial charge >= 0.3 is 0 Å². The molecule has 22 heavy (non-hydrogen) atoms. The number of nitrogens with zero attached hydrogens (tertiary/aromatic N) is 2. The predicted molar refractivity (Wildman–Crippen MR) is 88.2 cm³/mol. The van der Waals surface area contributed by atoms with Crippen LogP contribution in [0, 0.1) is 6.92 Å². The highest BCUT2D eigenvalue weighted by atomic mass is 32.1. The number of hydrogen-bond donors (Lipinski definition) is 0. The highest BCUT2D eigenvalue weighted by Gasteiger charge is 2.25. The number of aromatic nitrogens is 1. The minimum absolute atomic E-state index is 0.0589.